The molecule has 1 aliphatic carbocycles. The Balaban J connectivity index is 2.02. The van der Waals surface area contributed by atoms with Crippen molar-refractivity contribution in [2.75, 3.05) is 0 Å². The molecule has 1 aromatic rings. The number of aromatic nitrogens is 2. The molecule has 0 bridgehead atoms. The molecular formula is C12H16N2O2S. The maximum atomic E-state index is 10.8. The molecule has 4 nitrogen and oxygen atoms in total. The summed E-state index contributed by atoms with van der Waals surface area (Å²) in [6.07, 6.45) is 6.41. The Morgan fingerprint density at radius 3 is 3.06 bits per heavy atom. The smallest absolute Gasteiger partial charge is 0.354 e. The van der Waals surface area contributed by atoms with Gasteiger partial charge in [0.1, 0.15) is 0 Å². The maximum absolute atomic E-state index is 10.8. The summed E-state index contributed by atoms with van der Waals surface area (Å²) in [4.78, 5) is 19.0. The van der Waals surface area contributed by atoms with E-state index < -0.39 is 5.97 Å². The van der Waals surface area contributed by atoms with E-state index in [-0.39, 0.29) is 5.69 Å². The van der Waals surface area contributed by atoms with Gasteiger partial charge in [-0.3, -0.25) is 0 Å². The Morgan fingerprint density at radius 2 is 2.35 bits per heavy atom. The Morgan fingerprint density at radius 1 is 1.53 bits per heavy atom. The third kappa shape index (κ3) is 3.43. The van der Waals surface area contributed by atoms with Crippen LogP contribution >= 0.6 is 11.8 Å². The van der Waals surface area contributed by atoms with E-state index in [2.05, 4.69) is 16.9 Å². The summed E-state index contributed by atoms with van der Waals surface area (Å²) in [5, 5.41) is 9.98. The minimum atomic E-state index is -0.994. The first-order valence-electron chi connectivity index (χ1n) is 5.88. The van der Waals surface area contributed by atoms with Gasteiger partial charge in [0.2, 0.25) is 0 Å². The van der Waals surface area contributed by atoms with E-state index in [9.17, 15) is 4.79 Å². The second-order valence-corrected chi connectivity index (χ2v) is 5.81. The molecule has 17 heavy (non-hydrogen) atoms. The lowest BCUT2D eigenvalue weighted by molar-refractivity contribution is 0.0689. The molecule has 1 aromatic heterocycles. The van der Waals surface area contributed by atoms with Crippen LogP contribution in [0.1, 0.15) is 43.1 Å². The number of aromatic carboxylic acids is 1. The first kappa shape index (κ1) is 12.4. The summed E-state index contributed by atoms with van der Waals surface area (Å²) in [7, 11) is 0. The minimum Gasteiger partial charge on any atom is -0.477 e. The molecule has 92 valence electrons. The maximum Gasteiger partial charge on any atom is 0.354 e. The number of hydrogen-bond donors (Lipinski definition) is 1. The van der Waals surface area contributed by atoms with E-state index >= 15 is 0 Å². The van der Waals surface area contributed by atoms with Crippen molar-refractivity contribution in [3.05, 3.63) is 18.0 Å². The number of thioether (sulfide) groups is 1. The number of carboxylic acids is 1. The lowest BCUT2D eigenvalue weighted by Gasteiger charge is -2.25. The van der Waals surface area contributed by atoms with Crippen molar-refractivity contribution in [1.82, 2.24) is 9.97 Å². The van der Waals surface area contributed by atoms with Gasteiger partial charge in [0.05, 0.1) is 0 Å². The lowest BCUT2D eigenvalue weighted by atomic mass is 9.91. The number of carbonyl (C=O) groups is 1. The van der Waals surface area contributed by atoms with Gasteiger partial charge < -0.3 is 5.11 Å². The summed E-state index contributed by atoms with van der Waals surface area (Å²) in [6, 6.07) is 1.43. The Hall–Kier alpha value is -1.10. The predicted octanol–water partition coefficient (Wildman–Crippen LogP) is 2.85. The molecule has 2 rings (SSSR count). The van der Waals surface area contributed by atoms with Crippen molar-refractivity contribution >= 4 is 17.7 Å². The van der Waals surface area contributed by atoms with Crippen molar-refractivity contribution in [3.63, 3.8) is 0 Å². The van der Waals surface area contributed by atoms with Crippen molar-refractivity contribution in [2.24, 2.45) is 5.92 Å². The molecule has 0 amide bonds. The molecule has 1 fully saturated rings. The highest BCUT2D eigenvalue weighted by molar-refractivity contribution is 7.99. The van der Waals surface area contributed by atoms with Crippen LogP contribution < -0.4 is 0 Å². The molecular weight excluding hydrogens is 236 g/mol. The van der Waals surface area contributed by atoms with Crippen molar-refractivity contribution < 1.29 is 9.90 Å². The molecule has 1 aliphatic rings. The fourth-order valence-electron chi connectivity index (χ4n) is 2.15. The van der Waals surface area contributed by atoms with Crippen molar-refractivity contribution in [3.8, 4) is 0 Å². The van der Waals surface area contributed by atoms with Crippen molar-refractivity contribution in [1.29, 1.82) is 0 Å². The van der Waals surface area contributed by atoms with Crippen LogP contribution in [0.25, 0.3) is 0 Å². The van der Waals surface area contributed by atoms with E-state index in [0.717, 1.165) is 5.92 Å². The second-order valence-electron chi connectivity index (χ2n) is 4.54. The molecule has 0 aromatic carbocycles. The first-order chi connectivity index (χ1) is 8.15. The quantitative estimate of drug-likeness (QED) is 0.838. The highest BCUT2D eigenvalue weighted by Gasteiger charge is 2.21. The zero-order valence-corrected chi connectivity index (χ0v) is 10.6. The molecule has 2 atom stereocenters. The topological polar surface area (TPSA) is 63.1 Å². The number of carboxylic acid groups (broad SMARTS) is 1. The van der Waals surface area contributed by atoms with E-state index in [1.807, 2.05) is 0 Å². The SMILES string of the molecule is CC1CCCC(Sc2nccc(C(=O)O)n2)C1. The average molecular weight is 252 g/mol. The summed E-state index contributed by atoms with van der Waals surface area (Å²) < 4.78 is 0. The summed E-state index contributed by atoms with van der Waals surface area (Å²) >= 11 is 1.61. The Labute approximate surface area is 105 Å². The summed E-state index contributed by atoms with van der Waals surface area (Å²) in [5.74, 6) is -0.241. The standard InChI is InChI=1S/C12H16N2O2S/c1-8-3-2-4-9(7-8)17-12-13-6-5-10(14-12)11(15)16/h5-6,8-9H,2-4,7H2,1H3,(H,15,16). The number of rotatable bonds is 3. The second kappa shape index (κ2) is 5.49. The van der Waals surface area contributed by atoms with Crippen LogP contribution in [0.5, 0.6) is 0 Å². The fourth-order valence-corrected chi connectivity index (χ4v) is 3.43. The minimum absolute atomic E-state index is 0.0753. The third-order valence-electron chi connectivity index (χ3n) is 3.01. The molecule has 1 heterocycles. The average Bonchev–Trinajstić information content (AvgIpc) is 2.29. The van der Waals surface area contributed by atoms with Crippen LogP contribution in [-0.2, 0) is 0 Å². The molecule has 0 spiro atoms. The molecule has 1 saturated carbocycles. The highest BCUT2D eigenvalue weighted by Crippen LogP contribution is 2.34. The number of nitrogens with zero attached hydrogens (tertiary/aromatic N) is 2. The van der Waals surface area contributed by atoms with Gasteiger partial charge in [0.25, 0.3) is 0 Å². The van der Waals surface area contributed by atoms with Crippen LogP contribution in [0.4, 0.5) is 0 Å². The van der Waals surface area contributed by atoms with Crippen LogP contribution in [0.15, 0.2) is 17.4 Å². The first-order valence-corrected chi connectivity index (χ1v) is 6.76. The zero-order valence-electron chi connectivity index (χ0n) is 9.80. The number of hydrogen-bond acceptors (Lipinski definition) is 4. The third-order valence-corrected chi connectivity index (χ3v) is 4.18. The molecule has 0 saturated heterocycles. The van der Waals surface area contributed by atoms with E-state index in [0.29, 0.717) is 10.4 Å². The van der Waals surface area contributed by atoms with Gasteiger partial charge in [-0.05, 0) is 24.8 Å². The van der Waals surface area contributed by atoms with Crippen molar-refractivity contribution in [2.45, 2.75) is 43.0 Å². The van der Waals surface area contributed by atoms with Crippen LogP contribution in [0.2, 0.25) is 0 Å². The van der Waals surface area contributed by atoms with Crippen LogP contribution in [0.3, 0.4) is 0 Å². The van der Waals surface area contributed by atoms with Gasteiger partial charge in [-0.2, -0.15) is 0 Å². The van der Waals surface area contributed by atoms with Crippen LogP contribution in [0, 0.1) is 5.92 Å². The van der Waals surface area contributed by atoms with Gasteiger partial charge in [-0.25, -0.2) is 14.8 Å². The van der Waals surface area contributed by atoms with Gasteiger partial charge in [0, 0.05) is 11.4 Å². The molecule has 0 radical (unpaired) electrons. The Kier molecular flexibility index (Phi) is 3.99. The van der Waals surface area contributed by atoms with E-state index in [1.54, 1.807) is 11.8 Å². The summed E-state index contributed by atoms with van der Waals surface area (Å²) in [5.41, 5.74) is 0.0753. The largest absolute Gasteiger partial charge is 0.477 e. The molecule has 0 aliphatic heterocycles. The Bertz CT molecular complexity index is 411. The van der Waals surface area contributed by atoms with E-state index in [1.165, 1.54) is 37.9 Å². The van der Waals surface area contributed by atoms with Crippen LogP contribution in [-0.4, -0.2) is 26.3 Å². The van der Waals surface area contributed by atoms with E-state index in [4.69, 9.17) is 5.11 Å². The molecule has 1 N–H and O–H groups in total. The lowest BCUT2D eigenvalue weighted by Crippen LogP contribution is -2.15. The van der Waals surface area contributed by atoms with Gasteiger partial charge in [0.15, 0.2) is 10.9 Å². The molecule has 2 unspecified atom stereocenters. The van der Waals surface area contributed by atoms with Gasteiger partial charge in [-0.15, -0.1) is 0 Å². The highest BCUT2D eigenvalue weighted by atomic mass is 32.2. The summed E-state index contributed by atoms with van der Waals surface area (Å²) in [6.45, 7) is 2.27. The van der Waals surface area contributed by atoms with Gasteiger partial charge in [-0.1, -0.05) is 31.5 Å². The zero-order chi connectivity index (χ0) is 12.3. The molecule has 5 heteroatoms. The predicted molar refractivity (Wildman–Crippen MR) is 66.3 cm³/mol. The normalized spacial score (nSPS) is 24.5. The monoisotopic (exact) mass is 252 g/mol. The fraction of sp³-hybridized carbons (Fsp3) is 0.583. The van der Waals surface area contributed by atoms with Gasteiger partial charge >= 0.3 is 5.97 Å².